The fourth-order valence-electron chi connectivity index (χ4n) is 2.87. The van der Waals surface area contributed by atoms with Gasteiger partial charge in [-0.05, 0) is 32.0 Å². The van der Waals surface area contributed by atoms with Crippen LogP contribution in [0.4, 0.5) is 11.4 Å². The van der Waals surface area contributed by atoms with Crippen LogP contribution in [0.3, 0.4) is 0 Å². The Hall–Kier alpha value is -2.13. The van der Waals surface area contributed by atoms with Crippen molar-refractivity contribution in [3.05, 3.63) is 33.9 Å². The first-order valence-corrected chi connectivity index (χ1v) is 7.25. The number of nitro benzene ring substituents is 1. The van der Waals surface area contributed by atoms with Gasteiger partial charge in [0, 0.05) is 19.1 Å². The van der Waals surface area contributed by atoms with E-state index in [4.69, 9.17) is 5.26 Å². The van der Waals surface area contributed by atoms with Crippen molar-refractivity contribution in [2.24, 2.45) is 0 Å². The number of nitrogens with zero attached hydrogens (tertiary/aromatic N) is 3. The molecule has 0 saturated heterocycles. The standard InChI is InChI=1S/C15H20N4O2/c1-18(13-6-2-3-7-13)10-9-17-14-8-4-5-12(11-16)15(14)19(20)21/h4-5,8,13,17H,2-3,6-7,9-10H2,1H3. The Morgan fingerprint density at radius 2 is 2.19 bits per heavy atom. The highest BCUT2D eigenvalue weighted by molar-refractivity contribution is 5.68. The predicted octanol–water partition coefficient (Wildman–Crippen LogP) is 2.75. The lowest BCUT2D eigenvalue weighted by atomic mass is 10.1. The summed E-state index contributed by atoms with van der Waals surface area (Å²) < 4.78 is 0. The Morgan fingerprint density at radius 1 is 1.48 bits per heavy atom. The molecule has 0 bridgehead atoms. The number of para-hydroxylation sites is 1. The minimum atomic E-state index is -0.498. The van der Waals surface area contributed by atoms with Crippen LogP contribution < -0.4 is 5.32 Å². The number of hydrogen-bond donors (Lipinski definition) is 1. The van der Waals surface area contributed by atoms with E-state index in [1.54, 1.807) is 12.1 Å². The topological polar surface area (TPSA) is 82.2 Å². The molecular formula is C15H20N4O2. The van der Waals surface area contributed by atoms with Crippen molar-refractivity contribution in [1.29, 1.82) is 5.26 Å². The summed E-state index contributed by atoms with van der Waals surface area (Å²) in [6.45, 7) is 1.46. The fraction of sp³-hybridized carbons (Fsp3) is 0.533. The van der Waals surface area contributed by atoms with Crippen LogP contribution in [0, 0.1) is 21.4 Å². The van der Waals surface area contributed by atoms with Crippen LogP contribution in [0.25, 0.3) is 0 Å². The van der Waals surface area contributed by atoms with Gasteiger partial charge in [-0.3, -0.25) is 10.1 Å². The molecule has 21 heavy (non-hydrogen) atoms. The highest BCUT2D eigenvalue weighted by atomic mass is 16.6. The summed E-state index contributed by atoms with van der Waals surface area (Å²) in [6.07, 6.45) is 5.05. The summed E-state index contributed by atoms with van der Waals surface area (Å²) in [5, 5.41) is 23.2. The van der Waals surface area contributed by atoms with Gasteiger partial charge < -0.3 is 10.2 Å². The molecule has 1 aliphatic carbocycles. The van der Waals surface area contributed by atoms with E-state index in [2.05, 4.69) is 17.3 Å². The summed E-state index contributed by atoms with van der Waals surface area (Å²) >= 11 is 0. The lowest BCUT2D eigenvalue weighted by Crippen LogP contribution is -2.33. The minimum absolute atomic E-state index is 0.0918. The van der Waals surface area contributed by atoms with Crippen LogP contribution in [0.1, 0.15) is 31.2 Å². The van der Waals surface area contributed by atoms with Crippen molar-refractivity contribution in [1.82, 2.24) is 4.90 Å². The van der Waals surface area contributed by atoms with Crippen molar-refractivity contribution in [2.45, 2.75) is 31.7 Å². The molecule has 1 fully saturated rings. The third kappa shape index (κ3) is 3.70. The molecule has 2 rings (SSSR count). The number of anilines is 1. The summed E-state index contributed by atoms with van der Waals surface area (Å²) in [5.74, 6) is 0. The Morgan fingerprint density at radius 3 is 2.81 bits per heavy atom. The highest BCUT2D eigenvalue weighted by Crippen LogP contribution is 2.28. The lowest BCUT2D eigenvalue weighted by molar-refractivity contribution is -0.384. The molecule has 6 heteroatoms. The molecule has 6 nitrogen and oxygen atoms in total. The quantitative estimate of drug-likeness (QED) is 0.643. The van der Waals surface area contributed by atoms with Crippen molar-refractivity contribution in [3.8, 4) is 6.07 Å². The Kier molecular flexibility index (Phi) is 5.12. The maximum absolute atomic E-state index is 11.1. The van der Waals surface area contributed by atoms with Gasteiger partial charge in [0.1, 0.15) is 17.3 Å². The average molecular weight is 288 g/mol. The number of rotatable bonds is 6. The van der Waals surface area contributed by atoms with E-state index in [-0.39, 0.29) is 11.3 Å². The molecule has 0 amide bonds. The molecule has 1 N–H and O–H groups in total. The number of benzene rings is 1. The first-order valence-electron chi connectivity index (χ1n) is 7.25. The van der Waals surface area contributed by atoms with Gasteiger partial charge in [-0.2, -0.15) is 5.26 Å². The largest absolute Gasteiger partial charge is 0.378 e. The number of likely N-dealkylation sites (N-methyl/N-ethyl adjacent to an activating group) is 1. The maximum atomic E-state index is 11.1. The van der Waals surface area contributed by atoms with Gasteiger partial charge in [-0.15, -0.1) is 0 Å². The van der Waals surface area contributed by atoms with Crippen LogP contribution in [0.15, 0.2) is 18.2 Å². The SMILES string of the molecule is CN(CCNc1cccc(C#N)c1[N+](=O)[O-])C1CCCC1. The third-order valence-electron chi connectivity index (χ3n) is 4.07. The van der Waals surface area contributed by atoms with Crippen LogP contribution >= 0.6 is 0 Å². The molecule has 0 aliphatic heterocycles. The Bertz CT molecular complexity index is 547. The monoisotopic (exact) mass is 288 g/mol. The van der Waals surface area contributed by atoms with Crippen LogP contribution in [-0.2, 0) is 0 Å². The number of hydrogen-bond acceptors (Lipinski definition) is 5. The van der Waals surface area contributed by atoms with E-state index in [0.29, 0.717) is 18.3 Å². The summed E-state index contributed by atoms with van der Waals surface area (Å²) in [4.78, 5) is 12.9. The van der Waals surface area contributed by atoms with Gasteiger partial charge in [0.2, 0.25) is 0 Å². The summed E-state index contributed by atoms with van der Waals surface area (Å²) in [7, 11) is 2.10. The van der Waals surface area contributed by atoms with E-state index in [0.717, 1.165) is 6.54 Å². The van der Waals surface area contributed by atoms with E-state index >= 15 is 0 Å². The Balaban J connectivity index is 1.97. The molecule has 0 heterocycles. The second kappa shape index (κ2) is 7.04. The predicted molar refractivity (Wildman–Crippen MR) is 81.2 cm³/mol. The lowest BCUT2D eigenvalue weighted by Gasteiger charge is -2.24. The average Bonchev–Trinajstić information content (AvgIpc) is 3.00. The maximum Gasteiger partial charge on any atom is 0.309 e. The Labute approximate surface area is 124 Å². The zero-order chi connectivity index (χ0) is 15.2. The summed E-state index contributed by atoms with van der Waals surface area (Å²) in [6, 6.07) is 7.28. The molecule has 112 valence electrons. The number of nitrogens with one attached hydrogen (secondary N) is 1. The number of nitro groups is 1. The van der Waals surface area contributed by atoms with Gasteiger partial charge in [0.05, 0.1) is 4.92 Å². The molecular weight excluding hydrogens is 268 g/mol. The second-order valence-electron chi connectivity index (χ2n) is 5.42. The molecule has 1 saturated carbocycles. The van der Waals surface area contributed by atoms with Crippen LogP contribution in [0.2, 0.25) is 0 Å². The first kappa shape index (κ1) is 15.3. The third-order valence-corrected chi connectivity index (χ3v) is 4.07. The minimum Gasteiger partial charge on any atom is -0.378 e. The zero-order valence-electron chi connectivity index (χ0n) is 12.2. The molecule has 0 atom stereocenters. The molecule has 1 aliphatic rings. The normalized spacial score (nSPS) is 15.1. The highest BCUT2D eigenvalue weighted by Gasteiger charge is 2.21. The molecule has 1 aromatic carbocycles. The van der Waals surface area contributed by atoms with E-state index in [1.807, 2.05) is 6.07 Å². The van der Waals surface area contributed by atoms with Gasteiger partial charge in [-0.25, -0.2) is 0 Å². The second-order valence-corrected chi connectivity index (χ2v) is 5.42. The van der Waals surface area contributed by atoms with E-state index < -0.39 is 4.92 Å². The van der Waals surface area contributed by atoms with Crippen molar-refractivity contribution in [2.75, 3.05) is 25.5 Å². The van der Waals surface area contributed by atoms with Gasteiger partial charge in [0.15, 0.2) is 0 Å². The van der Waals surface area contributed by atoms with Gasteiger partial charge in [-0.1, -0.05) is 18.9 Å². The fourth-order valence-corrected chi connectivity index (χ4v) is 2.87. The van der Waals surface area contributed by atoms with Crippen molar-refractivity contribution < 1.29 is 4.92 Å². The van der Waals surface area contributed by atoms with Gasteiger partial charge in [0.25, 0.3) is 0 Å². The van der Waals surface area contributed by atoms with Crippen LogP contribution in [-0.4, -0.2) is 36.0 Å². The van der Waals surface area contributed by atoms with Gasteiger partial charge >= 0.3 is 5.69 Å². The molecule has 1 aromatic rings. The molecule has 0 radical (unpaired) electrons. The van der Waals surface area contributed by atoms with Crippen molar-refractivity contribution in [3.63, 3.8) is 0 Å². The first-order chi connectivity index (χ1) is 10.1. The smallest absolute Gasteiger partial charge is 0.309 e. The molecule has 0 aromatic heterocycles. The molecule has 0 spiro atoms. The zero-order valence-corrected chi connectivity index (χ0v) is 12.2. The number of nitriles is 1. The van der Waals surface area contributed by atoms with E-state index in [9.17, 15) is 10.1 Å². The van der Waals surface area contributed by atoms with Crippen molar-refractivity contribution >= 4 is 11.4 Å². The van der Waals surface area contributed by atoms with Crippen LogP contribution in [0.5, 0.6) is 0 Å². The molecule has 0 unspecified atom stereocenters. The van der Waals surface area contributed by atoms with E-state index in [1.165, 1.54) is 31.7 Å². The summed E-state index contributed by atoms with van der Waals surface area (Å²) in [5.41, 5.74) is 0.372.